The van der Waals surface area contributed by atoms with Crippen molar-refractivity contribution in [2.75, 3.05) is 11.4 Å². The average molecular weight is 499 g/mol. The zero-order valence-electron chi connectivity index (χ0n) is 19.0. The Morgan fingerprint density at radius 1 is 1.17 bits per heavy atom. The average Bonchev–Trinajstić information content (AvgIpc) is 3.16. The number of aryl methyl sites for hydroxylation is 2. The molecule has 0 radical (unpaired) electrons. The number of sulfonamides is 1. The van der Waals surface area contributed by atoms with Crippen LogP contribution < -0.4 is 19.3 Å². The maximum absolute atomic E-state index is 14.0. The van der Waals surface area contributed by atoms with E-state index in [9.17, 15) is 13.2 Å². The monoisotopic (exact) mass is 498 g/mol. The summed E-state index contributed by atoms with van der Waals surface area (Å²) in [5, 5.41) is 13.7. The number of hydroxylamine groups is 1. The molecule has 4 rings (SSSR count). The van der Waals surface area contributed by atoms with Crippen molar-refractivity contribution in [2.45, 2.75) is 18.4 Å². The van der Waals surface area contributed by atoms with Crippen molar-refractivity contribution in [1.82, 2.24) is 25.2 Å². The van der Waals surface area contributed by atoms with E-state index in [2.05, 4.69) is 15.1 Å². The number of benzene rings is 1. The van der Waals surface area contributed by atoms with Crippen molar-refractivity contribution in [3.05, 3.63) is 66.2 Å². The van der Waals surface area contributed by atoms with E-state index in [1.807, 2.05) is 0 Å². The second kappa shape index (κ2) is 9.56. The summed E-state index contributed by atoms with van der Waals surface area (Å²) >= 11 is 0. The zero-order chi connectivity index (χ0) is 25.2. The molecule has 0 bridgehead atoms. The lowest BCUT2D eigenvalue weighted by Crippen LogP contribution is -2.32. The fourth-order valence-corrected chi connectivity index (χ4v) is 5.08. The SMILES string of the molecule is COc1ccc(S(=O)(=O)N(Cc2ccccn2)c2c(OC(=O)NO)cnc3c2c(C)nn3C)cc1. The first-order chi connectivity index (χ1) is 16.8. The number of rotatable bonds is 7. The molecule has 2 N–H and O–H groups in total. The Morgan fingerprint density at radius 2 is 1.91 bits per heavy atom. The first kappa shape index (κ1) is 23.9. The summed E-state index contributed by atoms with van der Waals surface area (Å²) in [6.07, 6.45) is 1.53. The van der Waals surface area contributed by atoms with Gasteiger partial charge in [0, 0.05) is 13.2 Å². The van der Waals surface area contributed by atoms with Gasteiger partial charge in [-0.3, -0.25) is 19.2 Å². The minimum absolute atomic E-state index is 0.0191. The number of nitrogens with one attached hydrogen (secondary N) is 1. The lowest BCUT2D eigenvalue weighted by molar-refractivity contribution is 0.127. The number of pyridine rings is 2. The predicted molar refractivity (Wildman–Crippen MR) is 125 cm³/mol. The summed E-state index contributed by atoms with van der Waals surface area (Å²) in [4.78, 5) is 20.4. The molecule has 1 aromatic carbocycles. The minimum Gasteiger partial charge on any atom is -0.497 e. The Labute approximate surface area is 200 Å². The molecule has 13 heteroatoms. The third-order valence-corrected chi connectivity index (χ3v) is 6.95. The molecule has 1 amide bonds. The maximum Gasteiger partial charge on any atom is 0.436 e. The molecule has 35 heavy (non-hydrogen) atoms. The standard InChI is InChI=1S/C22H22N6O6S/c1-14-19-20(18(34-22(29)26-30)12-24-21(19)27(2)25-14)28(13-15-6-4-5-11-23-15)35(31,32)17-9-7-16(33-3)8-10-17/h4-12,30H,13H2,1-3H3,(H,26,29). The Bertz CT molecular complexity index is 1470. The van der Waals surface area contributed by atoms with Gasteiger partial charge in [0.1, 0.15) is 11.4 Å². The van der Waals surface area contributed by atoms with Crippen LogP contribution in [0.5, 0.6) is 11.5 Å². The van der Waals surface area contributed by atoms with E-state index in [0.717, 1.165) is 4.31 Å². The van der Waals surface area contributed by atoms with Gasteiger partial charge in [-0.25, -0.2) is 23.7 Å². The van der Waals surface area contributed by atoms with Crippen LogP contribution in [0.25, 0.3) is 11.0 Å². The first-order valence-electron chi connectivity index (χ1n) is 10.3. The van der Waals surface area contributed by atoms with Gasteiger partial charge >= 0.3 is 6.09 Å². The van der Waals surface area contributed by atoms with E-state index in [0.29, 0.717) is 28.2 Å². The molecular weight excluding hydrogens is 476 g/mol. The third-order valence-electron chi connectivity index (χ3n) is 5.19. The summed E-state index contributed by atoms with van der Waals surface area (Å²) in [5.74, 6) is 0.284. The maximum atomic E-state index is 14.0. The van der Waals surface area contributed by atoms with Crippen molar-refractivity contribution < 1.29 is 27.9 Å². The van der Waals surface area contributed by atoms with Gasteiger partial charge in [-0.2, -0.15) is 5.10 Å². The van der Waals surface area contributed by atoms with Gasteiger partial charge in [0.15, 0.2) is 11.4 Å². The van der Waals surface area contributed by atoms with Gasteiger partial charge in [-0.1, -0.05) is 6.07 Å². The van der Waals surface area contributed by atoms with Crippen molar-refractivity contribution in [1.29, 1.82) is 0 Å². The molecule has 0 fully saturated rings. The molecule has 0 aliphatic heterocycles. The highest BCUT2D eigenvalue weighted by atomic mass is 32.2. The summed E-state index contributed by atoms with van der Waals surface area (Å²) in [6, 6.07) is 11.0. The summed E-state index contributed by atoms with van der Waals surface area (Å²) in [7, 11) is -1.10. The number of hydrogen-bond donors (Lipinski definition) is 2. The molecule has 0 aliphatic rings. The van der Waals surface area contributed by atoms with Crippen LogP contribution >= 0.6 is 0 Å². The molecule has 0 spiro atoms. The number of ether oxygens (including phenoxy) is 2. The van der Waals surface area contributed by atoms with E-state index < -0.39 is 16.1 Å². The Hall–Kier alpha value is -4.23. The van der Waals surface area contributed by atoms with Gasteiger partial charge in [-0.05, 0) is 43.3 Å². The summed E-state index contributed by atoms with van der Waals surface area (Å²) in [6.45, 7) is 1.49. The van der Waals surface area contributed by atoms with Crippen molar-refractivity contribution in [2.24, 2.45) is 7.05 Å². The second-order valence-corrected chi connectivity index (χ2v) is 9.25. The molecule has 4 aromatic rings. The second-order valence-electron chi connectivity index (χ2n) is 7.39. The highest BCUT2D eigenvalue weighted by Gasteiger charge is 2.32. The molecule has 0 saturated carbocycles. The number of nitrogens with zero attached hydrogens (tertiary/aromatic N) is 5. The van der Waals surface area contributed by atoms with Crippen molar-refractivity contribution in [3.8, 4) is 11.5 Å². The van der Waals surface area contributed by atoms with Crippen LogP contribution in [0.4, 0.5) is 10.5 Å². The zero-order valence-corrected chi connectivity index (χ0v) is 19.9. The van der Waals surface area contributed by atoms with Crippen LogP contribution in [0, 0.1) is 6.92 Å². The van der Waals surface area contributed by atoms with Gasteiger partial charge in [0.25, 0.3) is 10.0 Å². The number of amides is 1. The van der Waals surface area contributed by atoms with E-state index in [-0.39, 0.29) is 22.9 Å². The van der Waals surface area contributed by atoms with Crippen LogP contribution in [0.2, 0.25) is 0 Å². The third kappa shape index (κ3) is 4.58. The smallest absolute Gasteiger partial charge is 0.436 e. The molecule has 182 valence electrons. The Kier molecular flexibility index (Phi) is 6.53. The lowest BCUT2D eigenvalue weighted by Gasteiger charge is -2.26. The van der Waals surface area contributed by atoms with E-state index >= 15 is 0 Å². The highest BCUT2D eigenvalue weighted by molar-refractivity contribution is 7.92. The number of carbonyl (C=O) groups excluding carboxylic acids is 1. The van der Waals surface area contributed by atoms with Gasteiger partial charge in [-0.15, -0.1) is 0 Å². The van der Waals surface area contributed by atoms with Crippen LogP contribution in [-0.4, -0.2) is 46.6 Å². The molecule has 0 atom stereocenters. The highest BCUT2D eigenvalue weighted by Crippen LogP contribution is 2.40. The molecule has 0 saturated heterocycles. The Morgan fingerprint density at radius 3 is 2.54 bits per heavy atom. The number of methoxy groups -OCH3 is 1. The molecule has 3 aromatic heterocycles. The molecule has 12 nitrogen and oxygen atoms in total. The van der Waals surface area contributed by atoms with Gasteiger partial charge in [0.2, 0.25) is 0 Å². The normalized spacial score (nSPS) is 11.3. The largest absolute Gasteiger partial charge is 0.497 e. The molecule has 3 heterocycles. The van der Waals surface area contributed by atoms with Crippen LogP contribution in [-0.2, 0) is 23.6 Å². The lowest BCUT2D eigenvalue weighted by atomic mass is 10.2. The predicted octanol–water partition coefficient (Wildman–Crippen LogP) is 2.55. The number of anilines is 1. The van der Waals surface area contributed by atoms with Gasteiger partial charge in [0.05, 0.1) is 41.5 Å². The number of hydrogen-bond acceptors (Lipinski definition) is 9. The minimum atomic E-state index is -4.24. The van der Waals surface area contributed by atoms with E-state index in [1.54, 1.807) is 38.4 Å². The van der Waals surface area contributed by atoms with Crippen LogP contribution in [0.3, 0.4) is 0 Å². The van der Waals surface area contributed by atoms with Gasteiger partial charge < -0.3 is 9.47 Å². The molecular formula is C22H22N6O6S. The quantitative estimate of drug-likeness (QED) is 0.289. The fourth-order valence-electron chi connectivity index (χ4n) is 3.62. The molecule has 0 aliphatic carbocycles. The van der Waals surface area contributed by atoms with E-state index in [4.69, 9.17) is 14.7 Å². The van der Waals surface area contributed by atoms with Crippen molar-refractivity contribution >= 4 is 32.8 Å². The van der Waals surface area contributed by atoms with Crippen LogP contribution in [0.1, 0.15) is 11.4 Å². The van der Waals surface area contributed by atoms with Crippen LogP contribution in [0.15, 0.2) is 59.8 Å². The topological polar surface area (TPSA) is 149 Å². The summed E-state index contributed by atoms with van der Waals surface area (Å²) < 4.78 is 40.9. The number of aromatic nitrogens is 4. The Balaban J connectivity index is 2.00. The number of fused-ring (bicyclic) bond motifs is 1. The summed E-state index contributed by atoms with van der Waals surface area (Å²) in [5.41, 5.74) is 2.65. The number of carbonyl (C=O) groups is 1. The molecule has 0 unspecified atom stereocenters. The van der Waals surface area contributed by atoms with E-state index in [1.165, 1.54) is 47.7 Å². The first-order valence-corrected chi connectivity index (χ1v) is 11.7. The fraction of sp³-hybridized carbons (Fsp3) is 0.182. The van der Waals surface area contributed by atoms with Crippen molar-refractivity contribution in [3.63, 3.8) is 0 Å².